The van der Waals surface area contributed by atoms with Crippen molar-refractivity contribution in [3.05, 3.63) is 36.0 Å². The second-order valence-electron chi connectivity index (χ2n) is 8.64. The first-order valence-corrected chi connectivity index (χ1v) is 10.7. The molecule has 9 heteroatoms. The standard InChI is InChI=1S/C23H25F3N4O2/c1-3-29(4-2)11-9-18-22(20(31)32)13-21(22,23(24,25)26)14-30(18)17-8-7-15(12-27)19-16(17)6-5-10-28-19/h5-8,10,18H,3-4,9,11,13-14H2,1-2H3,(H,31,32). The summed E-state index contributed by atoms with van der Waals surface area (Å²) in [6.07, 6.45) is -3.20. The lowest BCUT2D eigenvalue weighted by Gasteiger charge is -2.34. The Hall–Kier alpha value is -2.86. The molecule has 3 atom stereocenters. The molecule has 0 amide bonds. The Morgan fingerprint density at radius 1 is 1.34 bits per heavy atom. The molecule has 0 radical (unpaired) electrons. The van der Waals surface area contributed by atoms with Crippen molar-refractivity contribution in [2.75, 3.05) is 31.1 Å². The van der Waals surface area contributed by atoms with E-state index in [4.69, 9.17) is 0 Å². The van der Waals surface area contributed by atoms with E-state index in [0.29, 0.717) is 35.1 Å². The van der Waals surface area contributed by atoms with Crippen molar-refractivity contribution in [1.82, 2.24) is 9.88 Å². The van der Waals surface area contributed by atoms with Gasteiger partial charge >= 0.3 is 12.1 Å². The quantitative estimate of drug-likeness (QED) is 0.691. The van der Waals surface area contributed by atoms with Crippen molar-refractivity contribution in [1.29, 1.82) is 5.26 Å². The third-order valence-corrected chi connectivity index (χ3v) is 7.41. The number of anilines is 1. The van der Waals surface area contributed by atoms with Crippen molar-refractivity contribution >= 4 is 22.6 Å². The number of alkyl halides is 3. The summed E-state index contributed by atoms with van der Waals surface area (Å²) >= 11 is 0. The molecule has 1 saturated carbocycles. The molecule has 2 heterocycles. The molecule has 170 valence electrons. The zero-order chi connectivity index (χ0) is 23.3. The zero-order valence-corrected chi connectivity index (χ0v) is 18.0. The fourth-order valence-corrected chi connectivity index (χ4v) is 5.60. The summed E-state index contributed by atoms with van der Waals surface area (Å²) < 4.78 is 42.8. The second kappa shape index (κ2) is 7.62. The molecule has 1 aliphatic carbocycles. The number of nitriles is 1. The number of halogens is 3. The SMILES string of the molecule is CCN(CC)CCC1N(c2ccc(C#N)c3ncccc23)CC2(C(F)(F)F)CC12C(=O)O. The highest BCUT2D eigenvalue weighted by Crippen LogP contribution is 2.78. The summed E-state index contributed by atoms with van der Waals surface area (Å²) in [5.74, 6) is -1.39. The van der Waals surface area contributed by atoms with E-state index < -0.39 is 42.0 Å². The van der Waals surface area contributed by atoms with Crippen molar-refractivity contribution in [2.24, 2.45) is 10.8 Å². The van der Waals surface area contributed by atoms with Crippen LogP contribution in [0.15, 0.2) is 30.5 Å². The summed E-state index contributed by atoms with van der Waals surface area (Å²) in [5, 5.41) is 20.0. The molecule has 1 saturated heterocycles. The molecule has 1 aromatic carbocycles. The van der Waals surface area contributed by atoms with Gasteiger partial charge in [0.2, 0.25) is 0 Å². The van der Waals surface area contributed by atoms with Crippen LogP contribution < -0.4 is 4.90 Å². The maximum absolute atomic E-state index is 14.3. The Balaban J connectivity index is 1.85. The minimum atomic E-state index is -4.63. The van der Waals surface area contributed by atoms with E-state index in [2.05, 4.69) is 16.0 Å². The number of hydrogen-bond donors (Lipinski definition) is 1. The molecule has 1 aliphatic heterocycles. The van der Waals surface area contributed by atoms with Crippen LogP contribution >= 0.6 is 0 Å². The van der Waals surface area contributed by atoms with E-state index in [-0.39, 0.29) is 0 Å². The summed E-state index contributed by atoms with van der Waals surface area (Å²) in [4.78, 5) is 20.3. The number of carbonyl (C=O) groups is 1. The van der Waals surface area contributed by atoms with Gasteiger partial charge in [-0.3, -0.25) is 9.78 Å². The molecule has 1 N–H and O–H groups in total. The highest BCUT2D eigenvalue weighted by molar-refractivity contribution is 5.96. The summed E-state index contributed by atoms with van der Waals surface area (Å²) in [6.45, 7) is 5.50. The van der Waals surface area contributed by atoms with Crippen LogP contribution in [0.25, 0.3) is 10.9 Å². The molecule has 2 aliphatic rings. The Labute approximate surface area is 184 Å². The molecular formula is C23H25F3N4O2. The molecule has 1 aromatic heterocycles. The predicted octanol–water partition coefficient (Wildman–Crippen LogP) is 4.05. The van der Waals surface area contributed by atoms with Gasteiger partial charge in [-0.05, 0) is 50.2 Å². The topological polar surface area (TPSA) is 80.5 Å². The van der Waals surface area contributed by atoms with Gasteiger partial charge in [0, 0.05) is 36.4 Å². The first-order valence-electron chi connectivity index (χ1n) is 10.7. The van der Waals surface area contributed by atoms with Gasteiger partial charge in [0.05, 0.1) is 11.1 Å². The van der Waals surface area contributed by atoms with Gasteiger partial charge in [-0.15, -0.1) is 0 Å². The van der Waals surface area contributed by atoms with Crippen LogP contribution in [0.2, 0.25) is 0 Å². The minimum Gasteiger partial charge on any atom is -0.481 e. The van der Waals surface area contributed by atoms with E-state index in [1.54, 1.807) is 29.2 Å². The van der Waals surface area contributed by atoms with Crippen molar-refractivity contribution in [3.63, 3.8) is 0 Å². The number of pyridine rings is 1. The van der Waals surface area contributed by atoms with Gasteiger partial charge in [-0.2, -0.15) is 18.4 Å². The van der Waals surface area contributed by atoms with Crippen LogP contribution in [-0.2, 0) is 4.79 Å². The number of carboxylic acid groups (broad SMARTS) is 1. The Morgan fingerprint density at radius 2 is 2.06 bits per heavy atom. The van der Waals surface area contributed by atoms with Gasteiger partial charge in [0.25, 0.3) is 0 Å². The lowest BCUT2D eigenvalue weighted by Crippen LogP contribution is -2.43. The van der Waals surface area contributed by atoms with E-state index in [1.807, 2.05) is 13.8 Å². The van der Waals surface area contributed by atoms with Crippen LogP contribution in [0.4, 0.5) is 18.9 Å². The van der Waals surface area contributed by atoms with Gasteiger partial charge in [-0.25, -0.2) is 0 Å². The summed E-state index contributed by atoms with van der Waals surface area (Å²) in [5.41, 5.74) is -2.93. The third-order valence-electron chi connectivity index (χ3n) is 7.41. The molecule has 6 nitrogen and oxygen atoms in total. The Kier molecular flexibility index (Phi) is 5.32. The van der Waals surface area contributed by atoms with E-state index in [0.717, 1.165) is 13.1 Å². The lowest BCUT2D eigenvalue weighted by atomic mass is 9.87. The second-order valence-corrected chi connectivity index (χ2v) is 8.64. The highest BCUT2D eigenvalue weighted by Gasteiger charge is 2.89. The number of carboxylic acids is 1. The average molecular weight is 446 g/mol. The fraction of sp³-hybridized carbons (Fsp3) is 0.522. The molecule has 32 heavy (non-hydrogen) atoms. The maximum Gasteiger partial charge on any atom is 0.397 e. The van der Waals surface area contributed by atoms with Gasteiger partial charge in [0.1, 0.15) is 16.9 Å². The number of nitrogens with zero attached hydrogens (tertiary/aromatic N) is 4. The fourth-order valence-electron chi connectivity index (χ4n) is 5.60. The zero-order valence-electron chi connectivity index (χ0n) is 18.0. The monoisotopic (exact) mass is 446 g/mol. The van der Waals surface area contributed by atoms with E-state index in [1.165, 1.54) is 6.20 Å². The van der Waals surface area contributed by atoms with Crippen molar-refractivity contribution < 1.29 is 23.1 Å². The van der Waals surface area contributed by atoms with Crippen LogP contribution in [0.5, 0.6) is 0 Å². The normalized spacial score (nSPS) is 26.9. The largest absolute Gasteiger partial charge is 0.481 e. The smallest absolute Gasteiger partial charge is 0.397 e. The number of fused-ring (bicyclic) bond motifs is 2. The van der Waals surface area contributed by atoms with Crippen molar-refractivity contribution in [3.8, 4) is 6.07 Å². The Bertz CT molecular complexity index is 1090. The molecule has 2 fully saturated rings. The lowest BCUT2D eigenvalue weighted by molar-refractivity contribution is -0.195. The first kappa shape index (κ1) is 22.3. The number of piperidine rings is 1. The van der Waals surface area contributed by atoms with Gasteiger partial charge < -0.3 is 14.9 Å². The van der Waals surface area contributed by atoms with Crippen LogP contribution in [0.1, 0.15) is 32.3 Å². The minimum absolute atomic E-state index is 0.299. The molecule has 2 aromatic rings. The van der Waals surface area contributed by atoms with E-state index >= 15 is 0 Å². The first-order chi connectivity index (χ1) is 15.2. The number of aliphatic carboxylic acids is 1. The summed E-state index contributed by atoms with van der Waals surface area (Å²) in [7, 11) is 0. The molecule has 4 rings (SSSR count). The van der Waals surface area contributed by atoms with Crippen LogP contribution in [-0.4, -0.2) is 59.4 Å². The summed E-state index contributed by atoms with van der Waals surface area (Å²) in [6, 6.07) is 7.80. The number of hydrogen-bond acceptors (Lipinski definition) is 5. The van der Waals surface area contributed by atoms with Crippen LogP contribution in [0, 0.1) is 22.2 Å². The molecule has 3 unspecified atom stereocenters. The highest BCUT2D eigenvalue weighted by atomic mass is 19.4. The Morgan fingerprint density at radius 3 is 2.66 bits per heavy atom. The molecular weight excluding hydrogens is 421 g/mol. The van der Waals surface area contributed by atoms with Crippen LogP contribution in [0.3, 0.4) is 0 Å². The number of aromatic nitrogens is 1. The van der Waals surface area contributed by atoms with E-state index in [9.17, 15) is 28.3 Å². The van der Waals surface area contributed by atoms with Crippen molar-refractivity contribution in [2.45, 2.75) is 38.9 Å². The van der Waals surface area contributed by atoms with Gasteiger partial charge in [0.15, 0.2) is 0 Å². The van der Waals surface area contributed by atoms with Gasteiger partial charge in [-0.1, -0.05) is 13.8 Å². The number of benzene rings is 1. The molecule has 0 spiro atoms. The molecule has 0 bridgehead atoms. The third kappa shape index (κ3) is 2.96. The maximum atomic E-state index is 14.3. The average Bonchev–Trinajstić information content (AvgIpc) is 3.38. The number of rotatable bonds is 7. The predicted molar refractivity (Wildman–Crippen MR) is 113 cm³/mol.